The second kappa shape index (κ2) is 11.5. The molecule has 4 saturated carbocycles. The lowest BCUT2D eigenvalue weighted by atomic mass is 9.61. The molecule has 0 bridgehead atoms. The molecule has 0 aliphatic heterocycles. The van der Waals surface area contributed by atoms with Crippen LogP contribution in [0, 0.1) is 28.6 Å². The average molecular weight is 495 g/mol. The van der Waals surface area contributed by atoms with E-state index in [-0.39, 0.29) is 5.41 Å². The van der Waals surface area contributed by atoms with Gasteiger partial charge in [-0.3, -0.25) is 4.79 Å². The third-order valence-electron chi connectivity index (χ3n) is 10.3. The summed E-state index contributed by atoms with van der Waals surface area (Å²) in [7, 11) is 0. The second-order valence-electron chi connectivity index (χ2n) is 12.8. The molecule has 0 radical (unpaired) electrons. The van der Waals surface area contributed by atoms with Crippen LogP contribution in [0.3, 0.4) is 0 Å². The molecule has 4 aliphatic carbocycles. The van der Waals surface area contributed by atoms with Gasteiger partial charge in [-0.15, -0.1) is 0 Å². The lowest BCUT2D eigenvalue weighted by Gasteiger charge is -2.44. The molecule has 4 fully saturated rings. The van der Waals surface area contributed by atoms with Crippen molar-refractivity contribution < 1.29 is 15.0 Å². The van der Waals surface area contributed by atoms with Crippen molar-refractivity contribution in [2.45, 2.75) is 123 Å². The number of allylic oxidation sites excluding steroid dienone is 5. The molecule has 0 spiro atoms. The maximum atomic E-state index is 12.8. The van der Waals surface area contributed by atoms with Crippen molar-refractivity contribution >= 4 is 5.78 Å². The molecule has 6 atom stereocenters. The van der Waals surface area contributed by atoms with E-state index < -0.39 is 12.2 Å². The standard InChI is InChI=1S/C33H50O3/c1-5-6-7-12-31(36)33(19-20-33)18-8-10-23(2)28-15-16-29-25(11-9-17-32(28,29)4)13-14-26-21-27(34)22-30(35)24(26)3/h8,10,13-14,23,27-30,34-35H,3,5-7,9,11-12,15-22H2,1-2,4H3/t23-,27-,28-,29+,30+,32-/m1/s1. The number of carbonyl (C=O) groups is 1. The fourth-order valence-corrected chi connectivity index (χ4v) is 7.80. The van der Waals surface area contributed by atoms with Gasteiger partial charge in [-0.25, -0.2) is 0 Å². The highest BCUT2D eigenvalue weighted by Gasteiger charge is 2.50. The summed E-state index contributed by atoms with van der Waals surface area (Å²) >= 11 is 0. The highest BCUT2D eigenvalue weighted by Crippen LogP contribution is 2.59. The van der Waals surface area contributed by atoms with Crippen LogP contribution in [0.1, 0.15) is 111 Å². The number of carbonyl (C=O) groups excluding carboxylic acids is 1. The Morgan fingerprint density at radius 3 is 2.67 bits per heavy atom. The van der Waals surface area contributed by atoms with Crippen LogP contribution in [0.25, 0.3) is 0 Å². The van der Waals surface area contributed by atoms with Crippen molar-refractivity contribution in [2.75, 3.05) is 0 Å². The number of rotatable bonds is 10. The molecule has 0 aromatic carbocycles. The minimum absolute atomic E-state index is 0.0232. The molecular formula is C33H50O3. The summed E-state index contributed by atoms with van der Waals surface area (Å²) in [5.74, 6) is 2.34. The molecule has 0 amide bonds. The Kier molecular flexibility index (Phi) is 8.83. The number of fused-ring (bicyclic) bond motifs is 1. The Morgan fingerprint density at radius 2 is 1.94 bits per heavy atom. The Labute approximate surface area is 219 Å². The van der Waals surface area contributed by atoms with Crippen LogP contribution in [0.5, 0.6) is 0 Å². The minimum Gasteiger partial charge on any atom is -0.393 e. The van der Waals surface area contributed by atoms with E-state index in [0.29, 0.717) is 41.8 Å². The molecule has 0 saturated heterocycles. The molecule has 3 nitrogen and oxygen atoms in total. The molecule has 0 heterocycles. The summed E-state index contributed by atoms with van der Waals surface area (Å²) in [5, 5.41) is 20.3. The van der Waals surface area contributed by atoms with Crippen LogP contribution >= 0.6 is 0 Å². The first-order valence-corrected chi connectivity index (χ1v) is 14.8. The highest BCUT2D eigenvalue weighted by atomic mass is 16.3. The second-order valence-corrected chi connectivity index (χ2v) is 12.8. The molecule has 3 heteroatoms. The first-order chi connectivity index (χ1) is 17.2. The predicted octanol–water partition coefficient (Wildman–Crippen LogP) is 7.64. The van der Waals surface area contributed by atoms with Gasteiger partial charge in [0, 0.05) is 18.3 Å². The smallest absolute Gasteiger partial charge is 0.139 e. The van der Waals surface area contributed by atoms with Crippen molar-refractivity contribution in [3.8, 4) is 0 Å². The van der Waals surface area contributed by atoms with Gasteiger partial charge in [0.05, 0.1) is 12.2 Å². The first kappa shape index (κ1) is 27.6. The summed E-state index contributed by atoms with van der Waals surface area (Å²) in [6.45, 7) is 11.2. The van der Waals surface area contributed by atoms with Gasteiger partial charge in [0.2, 0.25) is 0 Å². The van der Waals surface area contributed by atoms with E-state index in [4.69, 9.17) is 0 Å². The number of unbranched alkanes of at least 4 members (excludes halogenated alkanes) is 2. The Bertz CT molecular complexity index is 904. The van der Waals surface area contributed by atoms with Crippen LogP contribution in [0.2, 0.25) is 0 Å². The van der Waals surface area contributed by atoms with E-state index in [1.54, 1.807) is 5.57 Å². The molecule has 4 rings (SSSR count). The van der Waals surface area contributed by atoms with Gasteiger partial charge in [-0.05, 0) is 98.5 Å². The van der Waals surface area contributed by atoms with Gasteiger partial charge in [0.25, 0.3) is 0 Å². The molecular weight excluding hydrogens is 444 g/mol. The van der Waals surface area contributed by atoms with Crippen molar-refractivity contribution in [3.05, 3.63) is 47.6 Å². The van der Waals surface area contributed by atoms with Crippen molar-refractivity contribution in [2.24, 2.45) is 28.6 Å². The summed E-state index contributed by atoms with van der Waals surface area (Å²) < 4.78 is 0. The highest BCUT2D eigenvalue weighted by molar-refractivity contribution is 5.87. The van der Waals surface area contributed by atoms with E-state index >= 15 is 0 Å². The summed E-state index contributed by atoms with van der Waals surface area (Å²) in [4.78, 5) is 12.8. The van der Waals surface area contributed by atoms with E-state index in [0.717, 1.165) is 49.7 Å². The number of aliphatic hydroxyl groups excluding tert-OH is 2. The zero-order valence-corrected chi connectivity index (χ0v) is 23.1. The number of aliphatic hydroxyl groups is 2. The van der Waals surface area contributed by atoms with Crippen LogP contribution in [0.4, 0.5) is 0 Å². The average Bonchev–Trinajstić information content (AvgIpc) is 3.54. The lowest BCUT2D eigenvalue weighted by Crippen LogP contribution is -2.35. The first-order valence-electron chi connectivity index (χ1n) is 14.8. The van der Waals surface area contributed by atoms with Crippen molar-refractivity contribution in [3.63, 3.8) is 0 Å². The molecule has 0 aromatic heterocycles. The zero-order valence-electron chi connectivity index (χ0n) is 23.1. The van der Waals surface area contributed by atoms with Gasteiger partial charge in [-0.1, -0.05) is 70.1 Å². The number of ketones is 1. The lowest BCUT2D eigenvalue weighted by molar-refractivity contribution is -0.124. The van der Waals surface area contributed by atoms with Crippen molar-refractivity contribution in [1.29, 1.82) is 0 Å². The topological polar surface area (TPSA) is 57.5 Å². The maximum absolute atomic E-state index is 12.8. The minimum atomic E-state index is -0.625. The Morgan fingerprint density at radius 1 is 1.17 bits per heavy atom. The van der Waals surface area contributed by atoms with Crippen LogP contribution in [-0.2, 0) is 4.79 Å². The monoisotopic (exact) mass is 494 g/mol. The molecule has 2 N–H and O–H groups in total. The van der Waals surface area contributed by atoms with E-state index in [9.17, 15) is 15.0 Å². The van der Waals surface area contributed by atoms with E-state index in [1.165, 1.54) is 38.5 Å². The third kappa shape index (κ3) is 5.83. The molecule has 36 heavy (non-hydrogen) atoms. The molecule has 200 valence electrons. The Balaban J connectivity index is 1.39. The number of hydrogen-bond acceptors (Lipinski definition) is 3. The fourth-order valence-electron chi connectivity index (χ4n) is 7.80. The fraction of sp³-hybridized carbons (Fsp3) is 0.727. The van der Waals surface area contributed by atoms with Gasteiger partial charge >= 0.3 is 0 Å². The maximum Gasteiger partial charge on any atom is 0.139 e. The predicted molar refractivity (Wildman–Crippen MR) is 148 cm³/mol. The van der Waals surface area contributed by atoms with Crippen LogP contribution in [0.15, 0.2) is 47.6 Å². The van der Waals surface area contributed by atoms with Gasteiger partial charge in [-0.2, -0.15) is 0 Å². The molecule has 4 aliphatic rings. The number of hydrogen-bond donors (Lipinski definition) is 2. The van der Waals surface area contributed by atoms with Crippen LogP contribution in [-0.4, -0.2) is 28.2 Å². The van der Waals surface area contributed by atoms with Gasteiger partial charge in [0.1, 0.15) is 5.78 Å². The summed E-state index contributed by atoms with van der Waals surface area (Å²) in [6.07, 6.45) is 22.6. The molecule has 0 aromatic rings. The van der Waals surface area contributed by atoms with Gasteiger partial charge in [0.15, 0.2) is 0 Å². The van der Waals surface area contributed by atoms with Gasteiger partial charge < -0.3 is 10.2 Å². The summed E-state index contributed by atoms with van der Waals surface area (Å²) in [6, 6.07) is 0. The number of Topliss-reactive ketones (excluding diaryl/α,β-unsaturated/α-hetero) is 1. The third-order valence-corrected chi connectivity index (χ3v) is 10.3. The summed E-state index contributed by atoms with van der Waals surface area (Å²) in [5.41, 5.74) is 3.63. The largest absolute Gasteiger partial charge is 0.393 e. The van der Waals surface area contributed by atoms with Crippen LogP contribution < -0.4 is 0 Å². The molecule has 0 unspecified atom stereocenters. The quantitative estimate of drug-likeness (QED) is 0.242. The Hall–Kier alpha value is -1.45. The van der Waals surface area contributed by atoms with E-state index in [1.807, 2.05) is 0 Å². The normalized spacial score (nSPS) is 37.0. The van der Waals surface area contributed by atoms with Crippen molar-refractivity contribution in [1.82, 2.24) is 0 Å². The SMILES string of the molecule is C=C1C(=CC=C2CCC[C@]3(C)[C@@H]([C@H](C)C=CCC4(C(=O)CCCCC)CC4)CC[C@@H]23)C[C@@H](O)C[C@@H]1O. The van der Waals surface area contributed by atoms with E-state index in [2.05, 4.69) is 51.7 Å². The zero-order chi connectivity index (χ0) is 25.9.